The molecular weight excluding hydrogens is 300 g/mol. The minimum absolute atomic E-state index is 0.101. The minimum Gasteiger partial charge on any atom is -0.389 e. The normalized spacial score (nSPS) is 11.3. The molecule has 0 bridgehead atoms. The zero-order valence-electron chi connectivity index (χ0n) is 11.2. The number of hydrogen-bond acceptors (Lipinski definition) is 5. The van der Waals surface area contributed by atoms with Gasteiger partial charge < -0.3 is 10.6 Å². The maximum Gasteiger partial charge on any atom is 0.149 e. The smallest absolute Gasteiger partial charge is 0.149 e. The molecule has 0 aromatic heterocycles. The van der Waals surface area contributed by atoms with E-state index >= 15 is 0 Å². The lowest BCUT2D eigenvalue weighted by Crippen LogP contribution is -2.27. The summed E-state index contributed by atoms with van der Waals surface area (Å²) >= 11 is 6.67. The van der Waals surface area contributed by atoms with E-state index in [9.17, 15) is 8.42 Å². The van der Waals surface area contributed by atoms with E-state index in [1.165, 1.54) is 6.26 Å². The van der Waals surface area contributed by atoms with Gasteiger partial charge in [0.15, 0.2) is 0 Å². The van der Waals surface area contributed by atoms with Crippen molar-refractivity contribution in [3.63, 3.8) is 0 Å². The van der Waals surface area contributed by atoms with Gasteiger partial charge in [0, 0.05) is 36.0 Å². The predicted molar refractivity (Wildman–Crippen MR) is 87.1 cm³/mol. The number of rotatable bonds is 6. The Hall–Kier alpha value is -0.790. The molecule has 0 amide bonds. The molecule has 0 unspecified atom stereocenters. The van der Waals surface area contributed by atoms with Crippen molar-refractivity contribution < 1.29 is 8.42 Å². The summed E-state index contributed by atoms with van der Waals surface area (Å²) < 4.78 is 22.5. The second-order valence-corrected chi connectivity index (χ2v) is 7.82. The first-order valence-corrected chi connectivity index (χ1v) is 9.31. The Bertz CT molecular complexity index is 570. The Morgan fingerprint density at radius 1 is 1.47 bits per heavy atom. The fourth-order valence-corrected chi connectivity index (χ4v) is 3.20. The average molecular weight is 318 g/mol. The summed E-state index contributed by atoms with van der Waals surface area (Å²) in [6, 6.07) is 5.77. The SMILES string of the molecule is CSc1cccc(N(C)CCS(C)(=O)=O)c1C(N)=S. The number of anilines is 1. The molecule has 0 atom stereocenters. The van der Waals surface area contributed by atoms with E-state index in [1.54, 1.807) is 11.8 Å². The molecule has 4 nitrogen and oxygen atoms in total. The summed E-state index contributed by atoms with van der Waals surface area (Å²) in [6.45, 7) is 0.409. The van der Waals surface area contributed by atoms with E-state index in [0.717, 1.165) is 16.1 Å². The molecule has 1 aromatic carbocycles. The van der Waals surface area contributed by atoms with Crippen LogP contribution in [0.25, 0.3) is 0 Å². The van der Waals surface area contributed by atoms with Crippen LogP contribution in [0.15, 0.2) is 23.1 Å². The highest BCUT2D eigenvalue weighted by Gasteiger charge is 2.15. The van der Waals surface area contributed by atoms with Gasteiger partial charge in [0.1, 0.15) is 14.8 Å². The highest BCUT2D eigenvalue weighted by Crippen LogP contribution is 2.29. The zero-order chi connectivity index (χ0) is 14.6. The molecule has 1 aromatic rings. The molecule has 0 spiro atoms. The summed E-state index contributed by atoms with van der Waals surface area (Å²) in [5.41, 5.74) is 7.45. The van der Waals surface area contributed by atoms with Crippen molar-refractivity contribution >= 4 is 44.5 Å². The molecule has 106 valence electrons. The fraction of sp³-hybridized carbons (Fsp3) is 0.417. The molecular formula is C12H18N2O2S3. The van der Waals surface area contributed by atoms with Gasteiger partial charge in [-0.1, -0.05) is 18.3 Å². The van der Waals surface area contributed by atoms with Crippen LogP contribution in [0.2, 0.25) is 0 Å². The van der Waals surface area contributed by atoms with Crippen molar-refractivity contribution in [2.24, 2.45) is 5.73 Å². The van der Waals surface area contributed by atoms with Crippen LogP contribution < -0.4 is 10.6 Å². The van der Waals surface area contributed by atoms with Crippen molar-refractivity contribution in [3.8, 4) is 0 Å². The minimum atomic E-state index is -2.99. The summed E-state index contributed by atoms with van der Waals surface area (Å²) in [5.74, 6) is 0.101. The van der Waals surface area contributed by atoms with Crippen LogP contribution in [0, 0.1) is 0 Å². The molecule has 0 saturated carbocycles. The topological polar surface area (TPSA) is 63.4 Å². The lowest BCUT2D eigenvalue weighted by molar-refractivity contribution is 0.601. The van der Waals surface area contributed by atoms with Crippen LogP contribution in [-0.4, -0.2) is 45.3 Å². The Labute approximate surface area is 124 Å². The van der Waals surface area contributed by atoms with E-state index in [-0.39, 0.29) is 5.75 Å². The number of nitrogens with zero attached hydrogens (tertiary/aromatic N) is 1. The highest BCUT2D eigenvalue weighted by molar-refractivity contribution is 7.98. The summed E-state index contributed by atoms with van der Waals surface area (Å²) in [7, 11) is -1.15. The van der Waals surface area contributed by atoms with Gasteiger partial charge in [-0.3, -0.25) is 0 Å². The second-order valence-electron chi connectivity index (χ2n) is 4.27. The number of benzene rings is 1. The first kappa shape index (κ1) is 16.3. The van der Waals surface area contributed by atoms with Gasteiger partial charge in [0.05, 0.1) is 5.75 Å². The average Bonchev–Trinajstić information content (AvgIpc) is 2.33. The first-order valence-electron chi connectivity index (χ1n) is 5.62. The fourth-order valence-electron chi connectivity index (χ4n) is 1.68. The quantitative estimate of drug-likeness (QED) is 0.634. The number of nitrogens with two attached hydrogens (primary N) is 1. The van der Waals surface area contributed by atoms with Crippen LogP contribution in [0.1, 0.15) is 5.56 Å². The molecule has 0 aliphatic carbocycles. The van der Waals surface area contributed by atoms with Gasteiger partial charge >= 0.3 is 0 Å². The molecule has 0 aliphatic rings. The summed E-state index contributed by atoms with van der Waals surface area (Å²) in [6.07, 6.45) is 3.19. The van der Waals surface area contributed by atoms with Crippen LogP contribution in [-0.2, 0) is 9.84 Å². The lowest BCUT2D eigenvalue weighted by atomic mass is 10.1. The number of thiocarbonyl (C=S) groups is 1. The molecule has 7 heteroatoms. The van der Waals surface area contributed by atoms with Crippen molar-refractivity contribution in [1.82, 2.24) is 0 Å². The third kappa shape index (κ3) is 4.67. The second kappa shape index (κ2) is 6.58. The highest BCUT2D eigenvalue weighted by atomic mass is 32.2. The summed E-state index contributed by atoms with van der Waals surface area (Å²) in [5, 5.41) is 0. The largest absolute Gasteiger partial charge is 0.389 e. The van der Waals surface area contributed by atoms with Gasteiger partial charge in [-0.15, -0.1) is 11.8 Å². The van der Waals surface area contributed by atoms with Crippen molar-refractivity contribution in [1.29, 1.82) is 0 Å². The third-order valence-electron chi connectivity index (χ3n) is 2.68. The Morgan fingerprint density at radius 2 is 2.11 bits per heavy atom. The number of thioether (sulfide) groups is 1. The van der Waals surface area contributed by atoms with Crippen LogP contribution >= 0.6 is 24.0 Å². The molecule has 0 fully saturated rings. The molecule has 0 aliphatic heterocycles. The van der Waals surface area contributed by atoms with E-state index in [2.05, 4.69) is 0 Å². The first-order chi connectivity index (χ1) is 8.76. The molecule has 0 saturated heterocycles. The molecule has 2 N–H and O–H groups in total. The number of sulfone groups is 1. The van der Waals surface area contributed by atoms with Crippen molar-refractivity contribution in [2.45, 2.75) is 4.90 Å². The Morgan fingerprint density at radius 3 is 2.58 bits per heavy atom. The van der Waals surface area contributed by atoms with E-state index < -0.39 is 9.84 Å². The molecule has 1 rings (SSSR count). The van der Waals surface area contributed by atoms with Gasteiger partial charge in [0.2, 0.25) is 0 Å². The number of hydrogen-bond donors (Lipinski definition) is 1. The third-order valence-corrected chi connectivity index (χ3v) is 4.59. The Balaban J connectivity index is 3.09. The van der Waals surface area contributed by atoms with Crippen LogP contribution in [0.5, 0.6) is 0 Å². The van der Waals surface area contributed by atoms with E-state index in [0.29, 0.717) is 11.5 Å². The van der Waals surface area contributed by atoms with Crippen LogP contribution in [0.3, 0.4) is 0 Å². The molecule has 19 heavy (non-hydrogen) atoms. The van der Waals surface area contributed by atoms with Gasteiger partial charge in [-0.05, 0) is 18.4 Å². The Kier molecular flexibility index (Phi) is 5.64. The van der Waals surface area contributed by atoms with E-state index in [1.807, 2.05) is 36.4 Å². The predicted octanol–water partition coefficient (Wildman–Crippen LogP) is 1.52. The van der Waals surface area contributed by atoms with Gasteiger partial charge in [-0.2, -0.15) is 0 Å². The van der Waals surface area contributed by atoms with Crippen molar-refractivity contribution in [2.75, 3.05) is 36.8 Å². The zero-order valence-corrected chi connectivity index (χ0v) is 13.7. The molecule has 0 radical (unpaired) electrons. The van der Waals surface area contributed by atoms with Gasteiger partial charge in [0.25, 0.3) is 0 Å². The maximum absolute atomic E-state index is 11.2. The maximum atomic E-state index is 11.2. The standard InChI is InChI=1S/C12H18N2O2S3/c1-14(7-8-19(3,15)16)9-5-4-6-10(18-2)11(9)12(13)17/h4-6H,7-8H2,1-3H3,(H2,13,17). The monoisotopic (exact) mass is 318 g/mol. The van der Waals surface area contributed by atoms with Gasteiger partial charge in [-0.25, -0.2) is 8.42 Å². The lowest BCUT2D eigenvalue weighted by Gasteiger charge is -2.23. The molecule has 0 heterocycles. The van der Waals surface area contributed by atoms with Crippen LogP contribution in [0.4, 0.5) is 5.69 Å². The summed E-state index contributed by atoms with van der Waals surface area (Å²) in [4.78, 5) is 3.19. The van der Waals surface area contributed by atoms with E-state index in [4.69, 9.17) is 18.0 Å². The van der Waals surface area contributed by atoms with Crippen molar-refractivity contribution in [3.05, 3.63) is 23.8 Å².